The van der Waals surface area contributed by atoms with Crippen LogP contribution in [-0.4, -0.2) is 58.7 Å². The van der Waals surface area contributed by atoms with Gasteiger partial charge in [0.2, 0.25) is 5.82 Å². The molecule has 0 aliphatic carbocycles. The van der Waals surface area contributed by atoms with E-state index in [-0.39, 0.29) is 12.5 Å². The molecule has 1 aromatic heterocycles. The number of ether oxygens (including phenoxy) is 2. The fourth-order valence-electron chi connectivity index (χ4n) is 1.45. The van der Waals surface area contributed by atoms with Gasteiger partial charge >= 0.3 is 0 Å². The number of nitrogens with zero attached hydrogens (tertiary/aromatic N) is 3. The molecule has 96 valence electrons. The lowest BCUT2D eigenvalue weighted by molar-refractivity contribution is 0.117. The molecule has 8 heteroatoms. The Kier molecular flexibility index (Phi) is 4.78. The van der Waals surface area contributed by atoms with Gasteiger partial charge in [-0.2, -0.15) is 4.37 Å². The molecule has 6 nitrogen and oxygen atoms in total. The van der Waals surface area contributed by atoms with E-state index in [2.05, 4.69) is 13.6 Å². The van der Waals surface area contributed by atoms with E-state index >= 15 is 0 Å². The molecule has 0 radical (unpaired) electrons. The number of morpholine rings is 1. The second-order valence-electron chi connectivity index (χ2n) is 3.61. The van der Waals surface area contributed by atoms with Crippen LogP contribution in [0.25, 0.3) is 0 Å². The van der Waals surface area contributed by atoms with Crippen molar-refractivity contribution in [3.05, 3.63) is 0 Å². The third kappa shape index (κ3) is 3.41. The molecule has 0 bridgehead atoms. The summed E-state index contributed by atoms with van der Waals surface area (Å²) in [5.41, 5.74) is 0. The summed E-state index contributed by atoms with van der Waals surface area (Å²) in [6.07, 6.45) is -0.684. The lowest BCUT2D eigenvalue weighted by Crippen LogP contribution is -2.36. The van der Waals surface area contributed by atoms with Crippen LogP contribution in [0.15, 0.2) is 0 Å². The fourth-order valence-corrected chi connectivity index (χ4v) is 2.06. The third-order valence-electron chi connectivity index (χ3n) is 2.34. The molecule has 0 unspecified atom stereocenters. The first-order chi connectivity index (χ1) is 8.31. The largest absolute Gasteiger partial charge is 0.472 e. The predicted molar refractivity (Wildman–Crippen MR) is 65.2 cm³/mol. The van der Waals surface area contributed by atoms with E-state index in [4.69, 9.17) is 21.1 Å². The van der Waals surface area contributed by atoms with Crippen LogP contribution in [-0.2, 0) is 4.74 Å². The summed E-state index contributed by atoms with van der Waals surface area (Å²) < 4.78 is 18.9. The minimum atomic E-state index is -0.684. The maximum Gasteiger partial charge on any atom is 0.270 e. The Morgan fingerprint density at radius 3 is 2.94 bits per heavy atom. The summed E-state index contributed by atoms with van der Waals surface area (Å²) in [7, 11) is 0. The molecule has 2 heterocycles. The molecule has 1 aromatic rings. The van der Waals surface area contributed by atoms with Crippen molar-refractivity contribution in [3.63, 3.8) is 0 Å². The molecule has 1 saturated heterocycles. The van der Waals surface area contributed by atoms with Crippen LogP contribution >= 0.6 is 23.3 Å². The average molecular weight is 280 g/mol. The molecule has 17 heavy (non-hydrogen) atoms. The standard InChI is InChI=1S/C9H14ClN3O3S/c10-5-7(14)6-16-9-8(11-17-12-9)13-1-3-15-4-2-13/h7,14H,1-6H2/t7-/m1/s1. The van der Waals surface area contributed by atoms with Crippen molar-refractivity contribution < 1.29 is 14.6 Å². The van der Waals surface area contributed by atoms with E-state index in [1.165, 1.54) is 0 Å². The van der Waals surface area contributed by atoms with Crippen LogP contribution < -0.4 is 9.64 Å². The van der Waals surface area contributed by atoms with Gasteiger partial charge in [-0.1, -0.05) is 0 Å². The Labute approximate surface area is 108 Å². The van der Waals surface area contributed by atoms with Gasteiger partial charge in [0.25, 0.3) is 5.88 Å². The lowest BCUT2D eigenvalue weighted by Gasteiger charge is -2.26. The number of aromatic nitrogens is 2. The van der Waals surface area contributed by atoms with E-state index in [1.807, 2.05) is 0 Å². The third-order valence-corrected chi connectivity index (χ3v) is 3.20. The Morgan fingerprint density at radius 1 is 1.47 bits per heavy atom. The quantitative estimate of drug-likeness (QED) is 0.785. The first-order valence-corrected chi connectivity index (χ1v) is 6.60. The smallest absolute Gasteiger partial charge is 0.270 e. The van der Waals surface area contributed by atoms with Crippen molar-refractivity contribution in [1.82, 2.24) is 8.75 Å². The minimum absolute atomic E-state index is 0.131. The van der Waals surface area contributed by atoms with Gasteiger partial charge in [-0.25, -0.2) is 0 Å². The van der Waals surface area contributed by atoms with Gasteiger partial charge in [0.05, 0.1) is 30.8 Å². The molecule has 0 aromatic carbocycles. The Hall–Kier alpha value is -0.630. The highest BCUT2D eigenvalue weighted by atomic mass is 35.5. The summed E-state index contributed by atoms with van der Waals surface area (Å²) >= 11 is 6.59. The second kappa shape index (κ2) is 6.34. The van der Waals surface area contributed by atoms with Gasteiger partial charge in [0.15, 0.2) is 0 Å². The van der Waals surface area contributed by atoms with E-state index < -0.39 is 6.10 Å². The number of alkyl halides is 1. The summed E-state index contributed by atoms with van der Waals surface area (Å²) in [6.45, 7) is 3.05. The number of hydrogen-bond donors (Lipinski definition) is 1. The number of aliphatic hydroxyl groups excluding tert-OH is 1. The molecular formula is C9H14ClN3O3S. The number of rotatable bonds is 5. The van der Waals surface area contributed by atoms with Crippen molar-refractivity contribution in [2.45, 2.75) is 6.10 Å². The van der Waals surface area contributed by atoms with Crippen molar-refractivity contribution in [2.75, 3.05) is 43.7 Å². The maximum absolute atomic E-state index is 9.32. The van der Waals surface area contributed by atoms with Crippen molar-refractivity contribution in [2.24, 2.45) is 0 Å². The summed E-state index contributed by atoms with van der Waals surface area (Å²) in [4.78, 5) is 2.06. The van der Waals surface area contributed by atoms with Gasteiger partial charge in [-0.15, -0.1) is 16.0 Å². The molecule has 0 amide bonds. The Bertz CT molecular complexity index is 346. The van der Waals surface area contributed by atoms with E-state index in [9.17, 15) is 5.11 Å². The van der Waals surface area contributed by atoms with Crippen LogP contribution in [0, 0.1) is 0 Å². The molecule has 0 saturated carbocycles. The highest BCUT2D eigenvalue weighted by molar-refractivity contribution is 6.99. The molecule has 2 rings (SSSR count). The van der Waals surface area contributed by atoms with Gasteiger partial charge in [-0.3, -0.25) is 0 Å². The van der Waals surface area contributed by atoms with Gasteiger partial charge < -0.3 is 19.5 Å². The Balaban J connectivity index is 1.95. The van der Waals surface area contributed by atoms with Gasteiger partial charge in [-0.05, 0) is 0 Å². The monoisotopic (exact) mass is 279 g/mol. The zero-order valence-electron chi connectivity index (χ0n) is 9.21. The molecule has 1 aliphatic rings. The first-order valence-electron chi connectivity index (χ1n) is 5.33. The van der Waals surface area contributed by atoms with E-state index in [0.29, 0.717) is 19.1 Å². The van der Waals surface area contributed by atoms with Crippen molar-refractivity contribution in [3.8, 4) is 5.88 Å². The molecule has 1 atom stereocenters. The van der Waals surface area contributed by atoms with E-state index in [1.54, 1.807) is 0 Å². The van der Waals surface area contributed by atoms with Crippen molar-refractivity contribution in [1.29, 1.82) is 0 Å². The summed E-state index contributed by atoms with van der Waals surface area (Å²) in [5.74, 6) is 1.32. The normalized spacial score (nSPS) is 18.1. The van der Waals surface area contributed by atoms with Gasteiger partial charge in [0.1, 0.15) is 12.7 Å². The molecular weight excluding hydrogens is 266 g/mol. The lowest BCUT2D eigenvalue weighted by atomic mass is 10.4. The van der Waals surface area contributed by atoms with Crippen LogP contribution in [0.5, 0.6) is 5.88 Å². The zero-order valence-corrected chi connectivity index (χ0v) is 10.8. The highest BCUT2D eigenvalue weighted by Gasteiger charge is 2.20. The van der Waals surface area contributed by atoms with E-state index in [0.717, 1.165) is 30.6 Å². The second-order valence-corrected chi connectivity index (χ2v) is 4.45. The number of anilines is 1. The predicted octanol–water partition coefficient (Wildman–Crippen LogP) is 0.353. The number of aliphatic hydroxyl groups is 1. The maximum atomic E-state index is 9.32. The fraction of sp³-hybridized carbons (Fsp3) is 0.778. The SMILES string of the molecule is O[C@H](CCl)COc1nsnc1N1CCOCC1. The molecule has 1 aliphatic heterocycles. The van der Waals surface area contributed by atoms with Crippen LogP contribution in [0.1, 0.15) is 0 Å². The number of halogens is 1. The minimum Gasteiger partial charge on any atom is -0.472 e. The Morgan fingerprint density at radius 2 is 2.24 bits per heavy atom. The molecule has 1 N–H and O–H groups in total. The van der Waals surface area contributed by atoms with Crippen LogP contribution in [0.3, 0.4) is 0 Å². The average Bonchev–Trinajstić information content (AvgIpc) is 2.85. The first kappa shape index (κ1) is 12.8. The highest BCUT2D eigenvalue weighted by Crippen LogP contribution is 2.26. The summed E-state index contributed by atoms with van der Waals surface area (Å²) in [5, 5.41) is 9.32. The van der Waals surface area contributed by atoms with Crippen LogP contribution in [0.4, 0.5) is 5.82 Å². The topological polar surface area (TPSA) is 67.7 Å². The summed E-state index contributed by atoms with van der Waals surface area (Å²) in [6, 6.07) is 0. The number of hydrogen-bond acceptors (Lipinski definition) is 7. The van der Waals surface area contributed by atoms with Crippen molar-refractivity contribution >= 4 is 29.1 Å². The molecule has 0 spiro atoms. The van der Waals surface area contributed by atoms with Gasteiger partial charge in [0, 0.05) is 13.1 Å². The molecule has 1 fully saturated rings. The zero-order chi connectivity index (χ0) is 12.1. The van der Waals surface area contributed by atoms with Crippen LogP contribution in [0.2, 0.25) is 0 Å².